The molecule has 7 heteroatoms. The second-order valence-electron chi connectivity index (χ2n) is 18.1. The summed E-state index contributed by atoms with van der Waals surface area (Å²) in [7, 11) is 15.2. The Morgan fingerprint density at radius 2 is 0.542 bits per heavy atom. The molecule has 0 radical (unpaired) electrons. The maximum atomic E-state index is 3.98. The van der Waals surface area contributed by atoms with Crippen molar-refractivity contribution in [2.45, 2.75) is 238 Å². The quantitative estimate of drug-likeness (QED) is 0.223. The lowest BCUT2D eigenvalue weighted by molar-refractivity contribution is 0.349. The van der Waals surface area contributed by atoms with Crippen LogP contribution in [0.15, 0.2) is 61.0 Å². The van der Waals surface area contributed by atoms with Gasteiger partial charge in [-0.2, -0.15) is 0 Å². The molecule has 0 aromatic carbocycles. The van der Waals surface area contributed by atoms with E-state index in [1.807, 2.05) is 96.9 Å². The van der Waals surface area contributed by atoms with Crippen LogP contribution in [0.1, 0.15) is 238 Å². The number of likely N-dealkylation sites (tertiary alicyclic amines) is 4. The Hall–Kier alpha value is -1.90. The fourth-order valence-electron chi connectivity index (χ4n) is 7.69. The first-order valence-electron chi connectivity index (χ1n) is 31.2. The van der Waals surface area contributed by atoms with Crippen LogP contribution in [-0.2, 0) is 0 Å². The van der Waals surface area contributed by atoms with Crippen LogP contribution in [0.2, 0.25) is 0 Å². The summed E-state index contributed by atoms with van der Waals surface area (Å²) in [5.74, 6) is 0. The number of likely N-dealkylation sites (N-methyl/N-ethyl adjacent to an activating group) is 2. The molecular weight excluding hydrogens is 879 g/mol. The molecular formula is C65H141N7. The number of rotatable bonds is 0. The van der Waals surface area contributed by atoms with E-state index in [4.69, 9.17) is 0 Å². The average Bonchev–Trinajstić information content (AvgIpc) is 4.16. The lowest BCUT2D eigenvalue weighted by atomic mass is 10.2. The van der Waals surface area contributed by atoms with Crippen molar-refractivity contribution < 1.29 is 0 Å². The molecule has 0 saturated carbocycles. The van der Waals surface area contributed by atoms with Crippen molar-refractivity contribution in [3.63, 3.8) is 0 Å². The van der Waals surface area contributed by atoms with Gasteiger partial charge in [0.1, 0.15) is 0 Å². The summed E-state index contributed by atoms with van der Waals surface area (Å²) < 4.78 is 0. The zero-order chi connectivity index (χ0) is 56.5. The molecule has 4 fully saturated rings. The lowest BCUT2D eigenvalue weighted by Crippen LogP contribution is -2.18. The third-order valence-electron chi connectivity index (χ3n) is 12.2. The van der Waals surface area contributed by atoms with E-state index in [1.165, 1.54) is 205 Å². The summed E-state index contributed by atoms with van der Waals surface area (Å²) in [6.07, 6.45) is 43.2. The van der Waals surface area contributed by atoms with Crippen molar-refractivity contribution in [3.05, 3.63) is 61.0 Å². The zero-order valence-electron chi connectivity index (χ0n) is 54.1. The average molecular weight is 1020 g/mol. The van der Waals surface area contributed by atoms with Crippen LogP contribution >= 0.6 is 0 Å². The molecule has 7 nitrogen and oxygen atoms in total. The van der Waals surface area contributed by atoms with Crippen LogP contribution in [0.3, 0.4) is 0 Å². The van der Waals surface area contributed by atoms with Crippen LogP contribution in [0, 0.1) is 0 Å². The van der Waals surface area contributed by atoms with Crippen LogP contribution < -0.4 is 0 Å². The third kappa shape index (κ3) is 68.1. The summed E-state index contributed by atoms with van der Waals surface area (Å²) >= 11 is 0. The van der Waals surface area contributed by atoms with Gasteiger partial charge in [0.25, 0.3) is 0 Å². The maximum absolute atomic E-state index is 3.98. The number of allylic oxidation sites excluding steroid dienone is 4. The molecule has 72 heavy (non-hydrogen) atoms. The Bertz CT molecular complexity index is 977. The second kappa shape index (κ2) is 75.6. The van der Waals surface area contributed by atoms with Gasteiger partial charge in [-0.25, -0.2) is 0 Å². The molecule has 0 aliphatic carbocycles. The van der Waals surface area contributed by atoms with Gasteiger partial charge in [-0.15, -0.1) is 0 Å². The smallest absolute Gasteiger partial charge is 0.0353 e. The van der Waals surface area contributed by atoms with Gasteiger partial charge in [0, 0.05) is 58.2 Å². The monoisotopic (exact) mass is 1020 g/mol. The van der Waals surface area contributed by atoms with Crippen LogP contribution in [0.4, 0.5) is 0 Å². The molecule has 7 rings (SSSR count). The van der Waals surface area contributed by atoms with Gasteiger partial charge < -0.3 is 34.3 Å². The third-order valence-corrected chi connectivity index (χ3v) is 12.2. The molecule has 0 aromatic heterocycles. The summed E-state index contributed by atoms with van der Waals surface area (Å²) in [6.45, 7) is 50.9. The van der Waals surface area contributed by atoms with Gasteiger partial charge in [0.05, 0.1) is 0 Å². The highest BCUT2D eigenvalue weighted by Gasteiger charge is 2.06. The maximum Gasteiger partial charge on any atom is 0.0353 e. The van der Waals surface area contributed by atoms with Gasteiger partial charge in [-0.05, 0) is 177 Å². The van der Waals surface area contributed by atoms with Crippen molar-refractivity contribution in [1.82, 2.24) is 34.3 Å². The minimum atomic E-state index is 1.03. The fourth-order valence-corrected chi connectivity index (χ4v) is 7.69. The molecule has 436 valence electrons. The van der Waals surface area contributed by atoms with Crippen molar-refractivity contribution in [3.8, 4) is 0 Å². The van der Waals surface area contributed by atoms with Crippen molar-refractivity contribution in [2.75, 3.05) is 128 Å². The standard InChI is InChI=1S/C8H15N.C8H13N.3C7H15N.2C7H13N.7C2H6/c2*1-8-6-4-3-5-7-9(8)2;5*1-8-6-4-2-3-5-7-8;7*1-2/h1,3-7H2,2H3;3,5H,1,4,6-7H2,2H3;3*2-7H2,1H3;2,4H,3,5-7H2,1H3;2-3H,4-7H2,1H3;7*1-2H3. The molecule has 0 spiro atoms. The molecule has 0 amide bonds. The van der Waals surface area contributed by atoms with Crippen LogP contribution in [0.25, 0.3) is 0 Å². The molecule has 0 unspecified atom stereocenters. The SMILES string of the molecule is C=C1CCC=CCN1C.C=C1CCCCCN1C.CC.CC.CC.CC.CC.CC.CC.CN1CC=CCCC1.CN1CCC=CCC1.CN1CCCCCC1.CN1CCCCCC1.CN1CCCCCC1. The largest absolute Gasteiger partial charge is 0.378 e. The first kappa shape index (κ1) is 84.1. The Morgan fingerprint density at radius 1 is 0.250 bits per heavy atom. The first-order chi connectivity index (χ1) is 35.1. The summed E-state index contributed by atoms with van der Waals surface area (Å²) in [6, 6.07) is 0. The van der Waals surface area contributed by atoms with Crippen molar-refractivity contribution in [2.24, 2.45) is 0 Å². The highest BCUT2D eigenvalue weighted by atomic mass is 15.1. The topological polar surface area (TPSA) is 22.7 Å². The Kier molecular flexibility index (Phi) is 88.3. The Morgan fingerprint density at radius 3 is 0.944 bits per heavy atom. The molecule has 7 aliphatic rings. The molecule has 0 atom stereocenters. The molecule has 7 aliphatic heterocycles. The molecule has 4 saturated heterocycles. The molecule has 0 aromatic rings. The molecule has 7 heterocycles. The zero-order valence-corrected chi connectivity index (χ0v) is 54.1. The second-order valence-corrected chi connectivity index (χ2v) is 18.1. The van der Waals surface area contributed by atoms with Gasteiger partial charge in [0.2, 0.25) is 0 Å². The van der Waals surface area contributed by atoms with E-state index in [0.29, 0.717) is 0 Å². The summed E-state index contributed by atoms with van der Waals surface area (Å²) in [5.41, 5.74) is 2.56. The lowest BCUT2D eigenvalue weighted by Gasteiger charge is -2.17. The van der Waals surface area contributed by atoms with E-state index >= 15 is 0 Å². The van der Waals surface area contributed by atoms with Crippen LogP contribution in [0.5, 0.6) is 0 Å². The van der Waals surface area contributed by atoms with E-state index in [0.717, 1.165) is 25.9 Å². The summed E-state index contributed by atoms with van der Waals surface area (Å²) in [5, 5.41) is 0. The van der Waals surface area contributed by atoms with Gasteiger partial charge in [0.15, 0.2) is 0 Å². The predicted molar refractivity (Wildman–Crippen MR) is 339 cm³/mol. The van der Waals surface area contributed by atoms with Crippen molar-refractivity contribution in [1.29, 1.82) is 0 Å². The molecule has 0 bridgehead atoms. The van der Waals surface area contributed by atoms with Crippen molar-refractivity contribution >= 4 is 0 Å². The summed E-state index contributed by atoms with van der Waals surface area (Å²) in [4.78, 5) is 16.4. The predicted octanol–water partition coefficient (Wildman–Crippen LogP) is 18.0. The number of hydrogen-bond acceptors (Lipinski definition) is 7. The highest BCUT2D eigenvalue weighted by molar-refractivity contribution is 5.02. The highest BCUT2D eigenvalue weighted by Crippen LogP contribution is 2.16. The first-order valence-corrected chi connectivity index (χ1v) is 31.2. The van der Waals surface area contributed by atoms with Gasteiger partial charge in [-0.1, -0.05) is 191 Å². The molecule has 0 N–H and O–H groups in total. The van der Waals surface area contributed by atoms with Gasteiger partial charge >= 0.3 is 0 Å². The van der Waals surface area contributed by atoms with Gasteiger partial charge in [-0.3, -0.25) is 0 Å². The number of hydrogen-bond donors (Lipinski definition) is 0. The van der Waals surface area contributed by atoms with Crippen LogP contribution in [-0.4, -0.2) is 162 Å². The van der Waals surface area contributed by atoms with E-state index in [9.17, 15) is 0 Å². The van der Waals surface area contributed by atoms with E-state index < -0.39 is 0 Å². The normalized spacial score (nSPS) is 19.3. The number of nitrogens with zero attached hydrogens (tertiary/aromatic N) is 7. The van der Waals surface area contributed by atoms with E-state index in [1.54, 1.807) is 0 Å². The van der Waals surface area contributed by atoms with E-state index in [-0.39, 0.29) is 0 Å². The minimum absolute atomic E-state index is 1.03. The minimum Gasteiger partial charge on any atom is -0.378 e. The Labute approximate surface area is 459 Å². The Balaban J connectivity index is -0.000000131. The fraction of sp³-hybridized carbons (Fsp3) is 0.846. The van der Waals surface area contributed by atoms with E-state index in [2.05, 4.69) is 133 Å².